The van der Waals surface area contributed by atoms with Crippen LogP contribution in [0.15, 0.2) is 18.5 Å². The predicted octanol–water partition coefficient (Wildman–Crippen LogP) is 2.30. The zero-order chi connectivity index (χ0) is 12.0. The average molecular weight is 222 g/mol. The van der Waals surface area contributed by atoms with Crippen LogP contribution < -0.4 is 5.32 Å². The number of aliphatic carboxylic acids is 1. The van der Waals surface area contributed by atoms with Gasteiger partial charge in [0.15, 0.2) is 0 Å². The topological polar surface area (TPSA) is 62.2 Å². The quantitative estimate of drug-likeness (QED) is 0.725. The number of carboxylic acids is 1. The Morgan fingerprint density at radius 2 is 2.38 bits per heavy atom. The summed E-state index contributed by atoms with van der Waals surface area (Å²) < 4.78 is 0. The van der Waals surface area contributed by atoms with E-state index in [0.717, 1.165) is 24.2 Å². The van der Waals surface area contributed by atoms with Crippen molar-refractivity contribution in [2.24, 2.45) is 5.92 Å². The molecule has 2 N–H and O–H groups in total. The lowest BCUT2D eigenvalue weighted by Gasteiger charge is -2.09. The third kappa shape index (κ3) is 3.88. The number of nitrogens with one attached hydrogen (secondary N) is 1. The molecule has 1 aromatic rings. The molecule has 0 aromatic carbocycles. The molecule has 4 heteroatoms. The number of rotatable bonds is 6. The molecule has 0 aliphatic heterocycles. The molecule has 0 fully saturated rings. The van der Waals surface area contributed by atoms with Gasteiger partial charge in [-0.05, 0) is 31.4 Å². The zero-order valence-electron chi connectivity index (χ0n) is 9.73. The summed E-state index contributed by atoms with van der Waals surface area (Å²) in [4.78, 5) is 14.6. The van der Waals surface area contributed by atoms with Crippen LogP contribution in [0.25, 0.3) is 0 Å². The molecule has 0 aliphatic rings. The number of pyridine rings is 1. The van der Waals surface area contributed by atoms with Crippen LogP contribution in [0.2, 0.25) is 0 Å². The standard InChI is InChI=1S/C12H18N2O2/c1-9(12(15)16)4-3-6-14-11-5-7-13-8-10(11)2/h5,7-9H,3-4,6H2,1-2H3,(H,13,14)(H,15,16). The van der Waals surface area contributed by atoms with Crippen LogP contribution in [0.3, 0.4) is 0 Å². The first kappa shape index (κ1) is 12.5. The molecule has 0 aliphatic carbocycles. The highest BCUT2D eigenvalue weighted by Gasteiger charge is 2.09. The summed E-state index contributed by atoms with van der Waals surface area (Å²) in [5, 5.41) is 12.0. The molecule has 0 radical (unpaired) electrons. The van der Waals surface area contributed by atoms with Crippen molar-refractivity contribution in [3.63, 3.8) is 0 Å². The Morgan fingerprint density at radius 1 is 1.62 bits per heavy atom. The van der Waals surface area contributed by atoms with Crippen molar-refractivity contribution in [1.82, 2.24) is 4.98 Å². The number of carboxylic acid groups (broad SMARTS) is 1. The number of nitrogens with zero attached hydrogens (tertiary/aromatic N) is 1. The molecule has 1 aromatic heterocycles. The fourth-order valence-corrected chi connectivity index (χ4v) is 1.43. The molecule has 0 saturated heterocycles. The summed E-state index contributed by atoms with van der Waals surface area (Å²) >= 11 is 0. The van der Waals surface area contributed by atoms with Crippen molar-refractivity contribution in [2.75, 3.05) is 11.9 Å². The summed E-state index contributed by atoms with van der Waals surface area (Å²) in [7, 11) is 0. The van der Waals surface area contributed by atoms with Crippen LogP contribution in [0.1, 0.15) is 25.3 Å². The van der Waals surface area contributed by atoms with Crippen LogP contribution in [-0.4, -0.2) is 22.6 Å². The average Bonchev–Trinajstić information content (AvgIpc) is 2.26. The maximum atomic E-state index is 10.6. The van der Waals surface area contributed by atoms with Gasteiger partial charge in [0.05, 0.1) is 5.92 Å². The molecule has 1 rings (SSSR count). The van der Waals surface area contributed by atoms with Crippen molar-refractivity contribution in [1.29, 1.82) is 0 Å². The molecule has 4 nitrogen and oxygen atoms in total. The summed E-state index contributed by atoms with van der Waals surface area (Å²) in [6.45, 7) is 4.53. The normalized spacial score (nSPS) is 12.1. The van der Waals surface area contributed by atoms with Gasteiger partial charge in [-0.2, -0.15) is 0 Å². The van der Waals surface area contributed by atoms with Crippen LogP contribution in [-0.2, 0) is 4.79 Å². The summed E-state index contributed by atoms with van der Waals surface area (Å²) in [5.41, 5.74) is 2.17. The molecule has 1 heterocycles. The fraction of sp³-hybridized carbons (Fsp3) is 0.500. The highest BCUT2D eigenvalue weighted by Crippen LogP contribution is 2.12. The van der Waals surface area contributed by atoms with E-state index in [1.807, 2.05) is 19.2 Å². The van der Waals surface area contributed by atoms with Gasteiger partial charge in [0, 0.05) is 24.6 Å². The molecule has 1 atom stereocenters. The van der Waals surface area contributed by atoms with E-state index >= 15 is 0 Å². The molecule has 88 valence electrons. The van der Waals surface area contributed by atoms with E-state index < -0.39 is 5.97 Å². The molecule has 0 bridgehead atoms. The summed E-state index contributed by atoms with van der Waals surface area (Å²) in [5.74, 6) is -0.986. The highest BCUT2D eigenvalue weighted by atomic mass is 16.4. The lowest BCUT2D eigenvalue weighted by Crippen LogP contribution is -2.11. The number of hydrogen-bond acceptors (Lipinski definition) is 3. The molecule has 0 saturated carbocycles. The molecule has 0 spiro atoms. The second-order valence-corrected chi connectivity index (χ2v) is 4.00. The second kappa shape index (κ2) is 6.10. The van der Waals surface area contributed by atoms with E-state index in [-0.39, 0.29) is 5.92 Å². The van der Waals surface area contributed by atoms with Crippen molar-refractivity contribution < 1.29 is 9.90 Å². The van der Waals surface area contributed by atoms with Gasteiger partial charge in [0.1, 0.15) is 0 Å². The molecular formula is C12H18N2O2. The van der Waals surface area contributed by atoms with E-state index in [9.17, 15) is 4.79 Å². The first-order valence-corrected chi connectivity index (χ1v) is 5.48. The van der Waals surface area contributed by atoms with Gasteiger partial charge in [-0.3, -0.25) is 9.78 Å². The molecule has 0 amide bonds. The maximum Gasteiger partial charge on any atom is 0.306 e. The van der Waals surface area contributed by atoms with Gasteiger partial charge in [-0.25, -0.2) is 0 Å². The number of carbonyl (C=O) groups is 1. The van der Waals surface area contributed by atoms with Crippen LogP contribution >= 0.6 is 0 Å². The Kier molecular flexibility index (Phi) is 4.76. The van der Waals surface area contributed by atoms with Gasteiger partial charge >= 0.3 is 5.97 Å². The largest absolute Gasteiger partial charge is 0.481 e. The van der Waals surface area contributed by atoms with Crippen molar-refractivity contribution >= 4 is 11.7 Å². The van der Waals surface area contributed by atoms with E-state index in [2.05, 4.69) is 10.3 Å². The van der Waals surface area contributed by atoms with Crippen LogP contribution in [0, 0.1) is 12.8 Å². The highest BCUT2D eigenvalue weighted by molar-refractivity contribution is 5.69. The third-order valence-electron chi connectivity index (χ3n) is 2.57. The Bertz CT molecular complexity index is 353. The van der Waals surface area contributed by atoms with Crippen LogP contribution in [0.5, 0.6) is 0 Å². The van der Waals surface area contributed by atoms with Crippen molar-refractivity contribution in [3.8, 4) is 0 Å². The minimum atomic E-state index is -0.722. The first-order valence-electron chi connectivity index (χ1n) is 5.48. The minimum Gasteiger partial charge on any atom is -0.481 e. The van der Waals surface area contributed by atoms with Gasteiger partial charge < -0.3 is 10.4 Å². The number of aryl methyl sites for hydroxylation is 1. The number of aromatic nitrogens is 1. The maximum absolute atomic E-state index is 10.6. The molecule has 1 unspecified atom stereocenters. The smallest absolute Gasteiger partial charge is 0.306 e. The van der Waals surface area contributed by atoms with E-state index in [0.29, 0.717) is 6.42 Å². The molecular weight excluding hydrogens is 204 g/mol. The van der Waals surface area contributed by atoms with Gasteiger partial charge in [-0.15, -0.1) is 0 Å². The van der Waals surface area contributed by atoms with Gasteiger partial charge in [0.25, 0.3) is 0 Å². The monoisotopic (exact) mass is 222 g/mol. The number of anilines is 1. The van der Waals surface area contributed by atoms with E-state index in [1.54, 1.807) is 13.1 Å². The second-order valence-electron chi connectivity index (χ2n) is 4.00. The Hall–Kier alpha value is -1.58. The number of hydrogen-bond donors (Lipinski definition) is 2. The van der Waals surface area contributed by atoms with E-state index in [4.69, 9.17) is 5.11 Å². The van der Waals surface area contributed by atoms with Gasteiger partial charge in [-0.1, -0.05) is 6.92 Å². The lowest BCUT2D eigenvalue weighted by molar-refractivity contribution is -0.141. The Balaban J connectivity index is 2.26. The van der Waals surface area contributed by atoms with E-state index in [1.165, 1.54) is 0 Å². The third-order valence-corrected chi connectivity index (χ3v) is 2.57. The summed E-state index contributed by atoms with van der Waals surface area (Å²) in [6.07, 6.45) is 5.11. The Labute approximate surface area is 95.7 Å². The van der Waals surface area contributed by atoms with Crippen molar-refractivity contribution in [2.45, 2.75) is 26.7 Å². The van der Waals surface area contributed by atoms with Crippen LogP contribution in [0.4, 0.5) is 5.69 Å². The summed E-state index contributed by atoms with van der Waals surface area (Å²) in [6, 6.07) is 1.93. The zero-order valence-corrected chi connectivity index (χ0v) is 9.73. The molecule has 16 heavy (non-hydrogen) atoms. The fourth-order valence-electron chi connectivity index (χ4n) is 1.43. The predicted molar refractivity (Wildman–Crippen MR) is 63.5 cm³/mol. The Morgan fingerprint density at radius 3 is 3.00 bits per heavy atom. The minimum absolute atomic E-state index is 0.264. The van der Waals surface area contributed by atoms with Crippen molar-refractivity contribution in [3.05, 3.63) is 24.0 Å². The lowest BCUT2D eigenvalue weighted by atomic mass is 10.1. The first-order chi connectivity index (χ1) is 7.61. The SMILES string of the molecule is Cc1cnccc1NCCCC(C)C(=O)O. The van der Waals surface area contributed by atoms with Gasteiger partial charge in [0.2, 0.25) is 0 Å².